The molecule has 3 amide bonds. The van der Waals surface area contributed by atoms with Crippen LogP contribution in [0.15, 0.2) is 53.4 Å². The molecule has 1 saturated carbocycles. The Morgan fingerprint density at radius 3 is 2.09 bits per heavy atom. The van der Waals surface area contributed by atoms with E-state index in [0.717, 1.165) is 11.1 Å². The number of carbonyl (C=O) groups excluding carboxylic acids is 2. The first-order valence-corrected chi connectivity index (χ1v) is 12.8. The second kappa shape index (κ2) is 10.0. The van der Waals surface area contributed by atoms with E-state index in [1.165, 1.54) is 17.0 Å². The Labute approximate surface area is 203 Å². The standard InChI is InChI=1S/C24H27N3O7S/c1-34-19-10-4-15(5-11-19)16-6-12-20(13-7-16)35(32,33)26-22(23(29)30)17-2-8-18(9-3-17)27-21(28)14-25-24(27)31/h4-7,10-13,17-18,22,26H,2-3,8-9,14H2,1H3,(H,25,31)(H,29,30)/t17?,18?,22-/m1/s1. The summed E-state index contributed by atoms with van der Waals surface area (Å²) in [6, 6.07) is 11.5. The van der Waals surface area contributed by atoms with Crippen molar-refractivity contribution in [2.45, 2.75) is 42.7 Å². The molecule has 2 aromatic rings. The molecule has 11 heteroatoms. The number of hydrogen-bond acceptors (Lipinski definition) is 6. The van der Waals surface area contributed by atoms with E-state index in [0.29, 0.717) is 31.4 Å². The minimum atomic E-state index is -4.09. The van der Waals surface area contributed by atoms with E-state index < -0.39 is 34.0 Å². The smallest absolute Gasteiger partial charge is 0.324 e. The van der Waals surface area contributed by atoms with Gasteiger partial charge in [0.05, 0.1) is 18.6 Å². The Bertz CT molecular complexity index is 1190. The van der Waals surface area contributed by atoms with Crippen LogP contribution in [0.1, 0.15) is 25.7 Å². The zero-order valence-corrected chi connectivity index (χ0v) is 20.0. The molecule has 0 aromatic heterocycles. The zero-order chi connectivity index (χ0) is 25.2. The van der Waals surface area contributed by atoms with Crippen LogP contribution >= 0.6 is 0 Å². The maximum atomic E-state index is 13.0. The third-order valence-electron chi connectivity index (χ3n) is 6.59. The molecule has 0 radical (unpaired) electrons. The molecular formula is C24H27N3O7S. The molecule has 186 valence electrons. The molecule has 1 heterocycles. The van der Waals surface area contributed by atoms with E-state index in [-0.39, 0.29) is 23.4 Å². The van der Waals surface area contributed by atoms with Gasteiger partial charge in [-0.1, -0.05) is 24.3 Å². The summed E-state index contributed by atoms with van der Waals surface area (Å²) in [6.45, 7) is -0.0342. The number of imide groups is 1. The molecule has 2 aliphatic rings. The number of rotatable bonds is 8. The van der Waals surface area contributed by atoms with Crippen molar-refractivity contribution in [1.29, 1.82) is 0 Å². The van der Waals surface area contributed by atoms with Gasteiger partial charge in [0, 0.05) is 6.04 Å². The molecule has 0 unspecified atom stereocenters. The molecule has 10 nitrogen and oxygen atoms in total. The number of nitrogens with one attached hydrogen (secondary N) is 2. The third-order valence-corrected chi connectivity index (χ3v) is 8.05. The number of carbonyl (C=O) groups is 3. The van der Waals surface area contributed by atoms with Gasteiger partial charge in [-0.25, -0.2) is 13.2 Å². The lowest BCUT2D eigenvalue weighted by molar-refractivity contribution is -0.141. The van der Waals surface area contributed by atoms with Crippen molar-refractivity contribution in [2.75, 3.05) is 13.7 Å². The number of benzene rings is 2. The van der Waals surface area contributed by atoms with Gasteiger partial charge < -0.3 is 15.2 Å². The fraction of sp³-hybridized carbons (Fsp3) is 0.375. The number of urea groups is 1. The van der Waals surface area contributed by atoms with E-state index in [1.807, 2.05) is 12.1 Å². The van der Waals surface area contributed by atoms with Crippen LogP contribution in [0.2, 0.25) is 0 Å². The van der Waals surface area contributed by atoms with Gasteiger partial charge in [0.2, 0.25) is 15.9 Å². The van der Waals surface area contributed by atoms with Gasteiger partial charge in [-0.15, -0.1) is 0 Å². The summed E-state index contributed by atoms with van der Waals surface area (Å²) in [5.41, 5.74) is 1.69. The van der Waals surface area contributed by atoms with Crippen molar-refractivity contribution >= 4 is 27.9 Å². The van der Waals surface area contributed by atoms with Gasteiger partial charge in [0.15, 0.2) is 0 Å². The van der Waals surface area contributed by atoms with Crippen LogP contribution in [0, 0.1) is 5.92 Å². The van der Waals surface area contributed by atoms with Crippen LogP contribution in [-0.2, 0) is 19.6 Å². The van der Waals surface area contributed by atoms with E-state index >= 15 is 0 Å². The maximum absolute atomic E-state index is 13.0. The summed E-state index contributed by atoms with van der Waals surface area (Å²) in [5.74, 6) is -1.31. The number of aliphatic carboxylic acids is 1. The van der Waals surface area contributed by atoms with Gasteiger partial charge in [-0.2, -0.15) is 4.72 Å². The highest BCUT2D eigenvalue weighted by Gasteiger charge is 2.40. The minimum Gasteiger partial charge on any atom is -0.497 e. The molecule has 3 N–H and O–H groups in total. The van der Waals surface area contributed by atoms with Crippen LogP contribution in [0.4, 0.5) is 4.79 Å². The number of carboxylic acid groups (broad SMARTS) is 1. The number of amides is 3. The van der Waals surface area contributed by atoms with Crippen molar-refractivity contribution < 1.29 is 32.6 Å². The molecule has 1 aliphatic carbocycles. The van der Waals surface area contributed by atoms with Gasteiger partial charge in [-0.3, -0.25) is 14.5 Å². The number of nitrogens with zero attached hydrogens (tertiary/aromatic N) is 1. The van der Waals surface area contributed by atoms with Crippen LogP contribution in [0.25, 0.3) is 11.1 Å². The monoisotopic (exact) mass is 501 g/mol. The first-order chi connectivity index (χ1) is 16.7. The Kier molecular flexibility index (Phi) is 7.08. The first-order valence-electron chi connectivity index (χ1n) is 11.3. The number of carboxylic acids is 1. The summed E-state index contributed by atoms with van der Waals surface area (Å²) < 4.78 is 33.5. The van der Waals surface area contributed by atoms with Crippen LogP contribution in [-0.4, -0.2) is 62.1 Å². The SMILES string of the molecule is COc1ccc(-c2ccc(S(=O)(=O)N[C@@H](C(=O)O)C3CCC(N4C(=O)CNC4=O)CC3)cc2)cc1. The number of methoxy groups -OCH3 is 1. The van der Waals surface area contributed by atoms with Gasteiger partial charge in [-0.05, 0) is 67.0 Å². The molecule has 1 saturated heterocycles. The molecule has 1 atom stereocenters. The number of ether oxygens (including phenoxy) is 1. The third kappa shape index (κ3) is 5.30. The highest BCUT2D eigenvalue weighted by molar-refractivity contribution is 7.89. The van der Waals surface area contributed by atoms with E-state index in [2.05, 4.69) is 10.0 Å². The van der Waals surface area contributed by atoms with Crippen molar-refractivity contribution in [1.82, 2.24) is 14.9 Å². The molecule has 0 spiro atoms. The van der Waals surface area contributed by atoms with E-state index in [1.54, 1.807) is 31.4 Å². The minimum absolute atomic E-state index is 0.0333. The molecule has 0 bridgehead atoms. The van der Waals surface area contributed by atoms with Gasteiger partial charge in [0.25, 0.3) is 0 Å². The van der Waals surface area contributed by atoms with E-state index in [9.17, 15) is 27.9 Å². The van der Waals surface area contributed by atoms with Crippen LogP contribution in [0.5, 0.6) is 5.75 Å². The molecule has 2 aromatic carbocycles. The van der Waals surface area contributed by atoms with E-state index in [4.69, 9.17) is 4.74 Å². The lowest BCUT2D eigenvalue weighted by atomic mass is 9.81. The second-order valence-electron chi connectivity index (χ2n) is 8.68. The Hall–Kier alpha value is -3.44. The van der Waals surface area contributed by atoms with Crippen molar-refractivity contribution in [3.05, 3.63) is 48.5 Å². The molecular weight excluding hydrogens is 474 g/mol. The quantitative estimate of drug-likeness (QED) is 0.471. The maximum Gasteiger partial charge on any atom is 0.324 e. The topological polar surface area (TPSA) is 142 Å². The molecule has 1 aliphatic heterocycles. The molecule has 4 rings (SSSR count). The average molecular weight is 502 g/mol. The lowest BCUT2D eigenvalue weighted by Gasteiger charge is -2.35. The van der Waals surface area contributed by atoms with Crippen molar-refractivity contribution in [3.63, 3.8) is 0 Å². The summed E-state index contributed by atoms with van der Waals surface area (Å²) in [5, 5.41) is 12.3. The van der Waals surface area contributed by atoms with Gasteiger partial charge in [0.1, 0.15) is 11.8 Å². The zero-order valence-electron chi connectivity index (χ0n) is 19.1. The summed E-state index contributed by atoms with van der Waals surface area (Å²) in [6.07, 6.45) is 1.59. The number of hydrogen-bond donors (Lipinski definition) is 3. The van der Waals surface area contributed by atoms with Gasteiger partial charge >= 0.3 is 12.0 Å². The first kappa shape index (κ1) is 24.7. The molecule has 35 heavy (non-hydrogen) atoms. The predicted molar refractivity (Wildman–Crippen MR) is 126 cm³/mol. The Morgan fingerprint density at radius 1 is 1.03 bits per heavy atom. The number of sulfonamides is 1. The summed E-state index contributed by atoms with van der Waals surface area (Å²) in [7, 11) is -2.52. The second-order valence-corrected chi connectivity index (χ2v) is 10.4. The van der Waals surface area contributed by atoms with Crippen LogP contribution < -0.4 is 14.8 Å². The Balaban J connectivity index is 1.43. The lowest BCUT2D eigenvalue weighted by Crippen LogP contribution is -2.49. The van der Waals surface area contributed by atoms with Crippen molar-refractivity contribution in [2.24, 2.45) is 5.92 Å². The summed E-state index contributed by atoms with van der Waals surface area (Å²) >= 11 is 0. The van der Waals surface area contributed by atoms with Crippen molar-refractivity contribution in [3.8, 4) is 16.9 Å². The molecule has 2 fully saturated rings. The fourth-order valence-corrected chi connectivity index (χ4v) is 5.95. The Morgan fingerprint density at radius 2 is 1.60 bits per heavy atom. The summed E-state index contributed by atoms with van der Waals surface area (Å²) in [4.78, 5) is 37.0. The predicted octanol–water partition coefficient (Wildman–Crippen LogP) is 2.20. The highest BCUT2D eigenvalue weighted by Crippen LogP contribution is 2.32. The normalized spacial score (nSPS) is 21.5. The highest BCUT2D eigenvalue weighted by atomic mass is 32.2. The fourth-order valence-electron chi connectivity index (χ4n) is 4.69. The average Bonchev–Trinajstić information content (AvgIpc) is 3.20. The van der Waals surface area contributed by atoms with Crippen LogP contribution in [0.3, 0.4) is 0 Å². The largest absolute Gasteiger partial charge is 0.497 e.